The van der Waals surface area contributed by atoms with Gasteiger partial charge in [-0.05, 0) is 42.5 Å². The predicted octanol–water partition coefficient (Wildman–Crippen LogP) is 4.68. The van der Waals surface area contributed by atoms with Crippen LogP contribution in [-0.4, -0.2) is 20.6 Å². The maximum Gasteiger partial charge on any atom is 0.259 e. The second kappa shape index (κ2) is 8.58. The number of carbonyl (C=O) groups is 1. The molecule has 0 saturated carbocycles. The number of carbonyl (C=O) groups excluding carboxylic acids is 1. The Bertz CT molecular complexity index is 1100. The minimum Gasteiger partial charge on any atom is -0.488 e. The summed E-state index contributed by atoms with van der Waals surface area (Å²) in [5.41, 5.74) is 1.86. The number of anilines is 1. The van der Waals surface area contributed by atoms with Crippen molar-refractivity contribution < 1.29 is 17.9 Å². The zero-order valence-electron chi connectivity index (χ0n) is 15.1. The summed E-state index contributed by atoms with van der Waals surface area (Å²) in [7, 11) is -3.28. The average Bonchev–Trinajstić information content (AvgIpc) is 2.67. The molecular weight excluding hydrogens is 442 g/mol. The monoisotopic (exact) mass is 459 g/mol. The van der Waals surface area contributed by atoms with Gasteiger partial charge in [-0.2, -0.15) is 0 Å². The Balaban J connectivity index is 1.74. The fourth-order valence-corrected chi connectivity index (χ4v) is 3.56. The Kier molecular flexibility index (Phi) is 6.16. The van der Waals surface area contributed by atoms with Crippen molar-refractivity contribution >= 4 is 37.4 Å². The van der Waals surface area contributed by atoms with Crippen LogP contribution in [0.4, 0.5) is 5.69 Å². The molecule has 3 aromatic carbocycles. The molecule has 0 saturated heterocycles. The van der Waals surface area contributed by atoms with Crippen molar-refractivity contribution in [2.75, 3.05) is 11.6 Å². The molecular formula is C21H18BrNO4S. The number of rotatable bonds is 6. The van der Waals surface area contributed by atoms with E-state index in [9.17, 15) is 13.2 Å². The molecule has 5 nitrogen and oxygen atoms in total. The molecule has 28 heavy (non-hydrogen) atoms. The molecule has 0 unspecified atom stereocenters. The average molecular weight is 460 g/mol. The normalized spacial score (nSPS) is 11.1. The first-order valence-corrected chi connectivity index (χ1v) is 11.1. The second-order valence-electron chi connectivity index (χ2n) is 6.13. The third kappa shape index (κ3) is 4.99. The van der Waals surface area contributed by atoms with Gasteiger partial charge in [0.15, 0.2) is 9.84 Å². The van der Waals surface area contributed by atoms with Crippen molar-refractivity contribution in [3.05, 3.63) is 88.4 Å². The maximum atomic E-state index is 12.7. The van der Waals surface area contributed by atoms with E-state index in [4.69, 9.17) is 4.74 Å². The Labute approximate surface area is 172 Å². The van der Waals surface area contributed by atoms with Crippen LogP contribution in [0.5, 0.6) is 5.75 Å². The maximum absolute atomic E-state index is 12.7. The lowest BCUT2D eigenvalue weighted by atomic mass is 10.1. The fraction of sp³-hybridized carbons (Fsp3) is 0.0952. The third-order valence-corrected chi connectivity index (χ3v) is 5.92. The van der Waals surface area contributed by atoms with Gasteiger partial charge in [0.2, 0.25) is 0 Å². The molecule has 0 radical (unpaired) electrons. The van der Waals surface area contributed by atoms with Crippen LogP contribution in [0, 0.1) is 0 Å². The van der Waals surface area contributed by atoms with Crippen LogP contribution in [0.1, 0.15) is 15.9 Å². The van der Waals surface area contributed by atoms with Crippen LogP contribution in [0.3, 0.4) is 0 Å². The summed E-state index contributed by atoms with van der Waals surface area (Å²) in [5, 5.41) is 2.76. The van der Waals surface area contributed by atoms with Gasteiger partial charge in [-0.3, -0.25) is 4.79 Å². The summed E-state index contributed by atoms with van der Waals surface area (Å²) in [6.45, 7) is 0.314. The van der Waals surface area contributed by atoms with Crippen LogP contribution in [0.15, 0.2) is 82.2 Å². The van der Waals surface area contributed by atoms with Crippen LogP contribution >= 0.6 is 15.9 Å². The number of hydrogen-bond acceptors (Lipinski definition) is 4. The molecule has 0 spiro atoms. The number of halogens is 1. The van der Waals surface area contributed by atoms with E-state index in [-0.39, 0.29) is 10.8 Å². The van der Waals surface area contributed by atoms with Crippen molar-refractivity contribution in [2.45, 2.75) is 11.5 Å². The summed E-state index contributed by atoms with van der Waals surface area (Å²) in [6, 6.07) is 20.7. The fourth-order valence-electron chi connectivity index (χ4n) is 2.53. The minimum absolute atomic E-state index is 0.197. The highest BCUT2D eigenvalue weighted by atomic mass is 79.9. The first-order valence-electron chi connectivity index (χ1n) is 8.41. The van der Waals surface area contributed by atoms with E-state index in [1.54, 1.807) is 36.4 Å². The Morgan fingerprint density at radius 1 is 0.964 bits per heavy atom. The van der Waals surface area contributed by atoms with E-state index >= 15 is 0 Å². The minimum atomic E-state index is -3.28. The molecule has 7 heteroatoms. The molecule has 0 fully saturated rings. The summed E-state index contributed by atoms with van der Waals surface area (Å²) in [5.74, 6) is 0.123. The van der Waals surface area contributed by atoms with Crippen LogP contribution in [0.25, 0.3) is 0 Å². The lowest BCUT2D eigenvalue weighted by molar-refractivity contribution is 0.102. The molecule has 144 valence electrons. The highest BCUT2D eigenvalue weighted by molar-refractivity contribution is 9.10. The number of para-hydroxylation sites is 1. The molecule has 3 rings (SSSR count). The number of benzene rings is 3. The molecule has 0 atom stereocenters. The zero-order valence-corrected chi connectivity index (χ0v) is 17.5. The van der Waals surface area contributed by atoms with Crippen molar-refractivity contribution in [3.8, 4) is 5.75 Å². The van der Waals surface area contributed by atoms with Gasteiger partial charge in [-0.25, -0.2) is 8.42 Å². The lowest BCUT2D eigenvalue weighted by Crippen LogP contribution is -2.13. The third-order valence-electron chi connectivity index (χ3n) is 4.01. The number of amides is 1. The van der Waals surface area contributed by atoms with Gasteiger partial charge < -0.3 is 10.1 Å². The van der Waals surface area contributed by atoms with Gasteiger partial charge in [0, 0.05) is 22.0 Å². The number of hydrogen-bond donors (Lipinski definition) is 1. The SMILES string of the molecule is CS(=O)(=O)c1ccc(NC(=O)c2ccccc2OCc2ccccc2Br)cc1. The molecule has 0 aliphatic carbocycles. The molecule has 3 aromatic rings. The first kappa shape index (κ1) is 20.1. The summed E-state index contributed by atoms with van der Waals surface area (Å²) >= 11 is 3.48. The summed E-state index contributed by atoms with van der Waals surface area (Å²) in [4.78, 5) is 12.9. The van der Waals surface area contributed by atoms with E-state index < -0.39 is 9.84 Å². The van der Waals surface area contributed by atoms with Crippen molar-refractivity contribution in [1.29, 1.82) is 0 Å². The van der Waals surface area contributed by atoms with Crippen molar-refractivity contribution in [1.82, 2.24) is 0 Å². The van der Waals surface area contributed by atoms with E-state index in [1.807, 2.05) is 24.3 Å². The number of nitrogens with one attached hydrogen (secondary N) is 1. The Hall–Kier alpha value is -2.64. The molecule has 0 aliphatic rings. The highest BCUT2D eigenvalue weighted by Crippen LogP contribution is 2.23. The number of sulfone groups is 1. The van der Waals surface area contributed by atoms with Gasteiger partial charge in [-0.1, -0.05) is 46.3 Å². The quantitative estimate of drug-likeness (QED) is 0.580. The van der Waals surface area contributed by atoms with Crippen molar-refractivity contribution in [3.63, 3.8) is 0 Å². The predicted molar refractivity (Wildman–Crippen MR) is 112 cm³/mol. The van der Waals surface area contributed by atoms with E-state index in [1.165, 1.54) is 12.1 Å². The van der Waals surface area contributed by atoms with Crippen LogP contribution in [-0.2, 0) is 16.4 Å². The van der Waals surface area contributed by atoms with E-state index in [0.717, 1.165) is 16.3 Å². The number of ether oxygens (including phenoxy) is 1. The van der Waals surface area contributed by atoms with Gasteiger partial charge in [-0.15, -0.1) is 0 Å². The largest absolute Gasteiger partial charge is 0.488 e. The molecule has 0 aliphatic heterocycles. The van der Waals surface area contributed by atoms with Crippen LogP contribution < -0.4 is 10.1 Å². The van der Waals surface area contributed by atoms with Gasteiger partial charge in [0.1, 0.15) is 12.4 Å². The molecule has 1 N–H and O–H groups in total. The summed E-state index contributed by atoms with van der Waals surface area (Å²) in [6.07, 6.45) is 1.14. The first-order chi connectivity index (χ1) is 13.3. The van der Waals surface area contributed by atoms with Gasteiger partial charge in [0.25, 0.3) is 5.91 Å². The standard InChI is InChI=1S/C21H18BrNO4S/c1-28(25,26)17-12-10-16(11-13-17)23-21(24)18-7-3-5-9-20(18)27-14-15-6-2-4-8-19(15)22/h2-13H,14H2,1H3,(H,23,24). The molecule has 0 bridgehead atoms. The lowest BCUT2D eigenvalue weighted by Gasteiger charge is -2.12. The zero-order chi connectivity index (χ0) is 20.1. The Morgan fingerprint density at radius 3 is 2.29 bits per heavy atom. The van der Waals surface area contributed by atoms with E-state index in [2.05, 4.69) is 21.2 Å². The second-order valence-corrected chi connectivity index (χ2v) is 9.00. The van der Waals surface area contributed by atoms with Crippen LogP contribution in [0.2, 0.25) is 0 Å². The Morgan fingerprint density at radius 2 is 1.61 bits per heavy atom. The van der Waals surface area contributed by atoms with Gasteiger partial charge >= 0.3 is 0 Å². The van der Waals surface area contributed by atoms with E-state index in [0.29, 0.717) is 23.6 Å². The summed E-state index contributed by atoms with van der Waals surface area (Å²) < 4.78 is 29.9. The molecule has 0 aromatic heterocycles. The van der Waals surface area contributed by atoms with Crippen molar-refractivity contribution in [2.24, 2.45) is 0 Å². The smallest absolute Gasteiger partial charge is 0.259 e. The van der Waals surface area contributed by atoms with Gasteiger partial charge in [0.05, 0.1) is 10.5 Å². The topological polar surface area (TPSA) is 72.5 Å². The molecule has 0 heterocycles. The highest BCUT2D eigenvalue weighted by Gasteiger charge is 2.14. The molecule has 1 amide bonds.